The van der Waals surface area contributed by atoms with Crippen molar-refractivity contribution in [2.75, 3.05) is 13.2 Å². The topological polar surface area (TPSA) is 59.8 Å². The quantitative estimate of drug-likeness (QED) is 0.469. The first-order valence-corrected chi connectivity index (χ1v) is 10.6. The predicted octanol–water partition coefficient (Wildman–Crippen LogP) is 5.05. The van der Waals surface area contributed by atoms with E-state index in [0.717, 1.165) is 4.47 Å². The molecule has 2 aromatic carbocycles. The van der Waals surface area contributed by atoms with Gasteiger partial charge in [-0.3, -0.25) is 9.59 Å². The van der Waals surface area contributed by atoms with Crippen LogP contribution < -0.4 is 5.43 Å². The van der Waals surface area contributed by atoms with Crippen molar-refractivity contribution in [1.82, 2.24) is 4.90 Å². The number of amides is 1. The van der Waals surface area contributed by atoms with E-state index >= 15 is 0 Å². The number of halogens is 2. The zero-order chi connectivity index (χ0) is 21.4. The molecule has 0 fully saturated rings. The standard InChI is InChI=1S/C23H21BrFNO4/c1-13(2)29-11-3-10-26-20(14-4-7-16(25)8-5-14)19-21(27)17-12-15(24)6-9-18(17)30-22(19)23(26)28/h4-9,12-13,20H,3,10-11H2,1-2H3/t20-/m0/s1. The molecule has 0 radical (unpaired) electrons. The first kappa shape index (κ1) is 20.8. The van der Waals surface area contributed by atoms with Crippen LogP contribution in [0.25, 0.3) is 11.0 Å². The summed E-state index contributed by atoms with van der Waals surface area (Å²) < 4.78 is 25.7. The van der Waals surface area contributed by atoms with E-state index in [9.17, 15) is 14.0 Å². The molecule has 1 atom stereocenters. The fourth-order valence-corrected chi connectivity index (χ4v) is 4.13. The van der Waals surface area contributed by atoms with E-state index in [0.29, 0.717) is 41.7 Å². The van der Waals surface area contributed by atoms with Crippen molar-refractivity contribution in [3.8, 4) is 0 Å². The summed E-state index contributed by atoms with van der Waals surface area (Å²) in [7, 11) is 0. The molecule has 5 nitrogen and oxygen atoms in total. The number of hydrogen-bond acceptors (Lipinski definition) is 4. The summed E-state index contributed by atoms with van der Waals surface area (Å²) in [6, 6.07) is 10.3. The Morgan fingerprint density at radius 3 is 2.60 bits per heavy atom. The lowest BCUT2D eigenvalue weighted by Gasteiger charge is -2.25. The average molecular weight is 474 g/mol. The maximum atomic E-state index is 13.5. The molecule has 4 rings (SSSR count). The van der Waals surface area contributed by atoms with E-state index in [2.05, 4.69) is 15.9 Å². The second-order valence-corrected chi connectivity index (χ2v) is 8.46. The summed E-state index contributed by atoms with van der Waals surface area (Å²) in [6.45, 7) is 4.77. The van der Waals surface area contributed by atoms with Gasteiger partial charge >= 0.3 is 0 Å². The van der Waals surface area contributed by atoms with Gasteiger partial charge in [-0.15, -0.1) is 0 Å². The molecule has 0 spiro atoms. The third kappa shape index (κ3) is 3.79. The lowest BCUT2D eigenvalue weighted by Crippen LogP contribution is -2.31. The number of carbonyl (C=O) groups is 1. The van der Waals surface area contributed by atoms with Gasteiger partial charge in [-0.05, 0) is 56.2 Å². The Morgan fingerprint density at radius 1 is 1.17 bits per heavy atom. The molecule has 0 bridgehead atoms. The highest BCUT2D eigenvalue weighted by Gasteiger charge is 2.42. The van der Waals surface area contributed by atoms with Gasteiger partial charge in [0.05, 0.1) is 23.1 Å². The van der Waals surface area contributed by atoms with Crippen molar-refractivity contribution >= 4 is 32.8 Å². The first-order valence-electron chi connectivity index (χ1n) is 9.81. The van der Waals surface area contributed by atoms with E-state index in [1.54, 1.807) is 35.2 Å². The molecule has 156 valence electrons. The minimum absolute atomic E-state index is 0.0499. The molecule has 1 amide bonds. The zero-order valence-corrected chi connectivity index (χ0v) is 18.2. The van der Waals surface area contributed by atoms with Crippen molar-refractivity contribution in [1.29, 1.82) is 0 Å². The Balaban J connectivity index is 1.81. The molecule has 3 aromatic rings. The molecule has 2 heterocycles. The summed E-state index contributed by atoms with van der Waals surface area (Å²) in [5, 5.41) is 0.396. The molecule has 30 heavy (non-hydrogen) atoms. The highest BCUT2D eigenvalue weighted by Crippen LogP contribution is 2.38. The second kappa shape index (κ2) is 8.32. The summed E-state index contributed by atoms with van der Waals surface area (Å²) >= 11 is 3.38. The minimum Gasteiger partial charge on any atom is -0.450 e. The highest BCUT2D eigenvalue weighted by molar-refractivity contribution is 9.10. The lowest BCUT2D eigenvalue weighted by atomic mass is 9.98. The monoisotopic (exact) mass is 473 g/mol. The van der Waals surface area contributed by atoms with Gasteiger partial charge in [0.25, 0.3) is 5.91 Å². The average Bonchev–Trinajstić information content (AvgIpc) is 2.99. The molecular formula is C23H21BrFNO4. The van der Waals surface area contributed by atoms with Crippen molar-refractivity contribution in [2.24, 2.45) is 0 Å². The molecule has 1 aliphatic rings. The molecule has 0 saturated carbocycles. The second-order valence-electron chi connectivity index (χ2n) is 7.54. The number of carbonyl (C=O) groups excluding carboxylic acids is 1. The fourth-order valence-electron chi connectivity index (χ4n) is 3.77. The van der Waals surface area contributed by atoms with Crippen molar-refractivity contribution in [3.63, 3.8) is 0 Å². The van der Waals surface area contributed by atoms with Crippen LogP contribution in [0, 0.1) is 5.82 Å². The third-order valence-electron chi connectivity index (χ3n) is 5.11. The van der Waals surface area contributed by atoms with Crippen LogP contribution in [0.15, 0.2) is 56.1 Å². The maximum Gasteiger partial charge on any atom is 0.290 e. The molecule has 0 aliphatic carbocycles. The van der Waals surface area contributed by atoms with Gasteiger partial charge in [0.1, 0.15) is 11.4 Å². The van der Waals surface area contributed by atoms with Crippen molar-refractivity contribution in [3.05, 3.63) is 79.9 Å². The third-order valence-corrected chi connectivity index (χ3v) is 5.60. The van der Waals surface area contributed by atoms with E-state index in [4.69, 9.17) is 9.15 Å². The number of hydrogen-bond donors (Lipinski definition) is 0. The largest absolute Gasteiger partial charge is 0.450 e. The van der Waals surface area contributed by atoms with E-state index in [1.165, 1.54) is 12.1 Å². The molecular weight excluding hydrogens is 453 g/mol. The normalized spacial score (nSPS) is 16.0. The predicted molar refractivity (Wildman–Crippen MR) is 115 cm³/mol. The fraction of sp³-hybridized carbons (Fsp3) is 0.304. The Kier molecular flexibility index (Phi) is 5.75. The first-order chi connectivity index (χ1) is 14.4. The summed E-state index contributed by atoms with van der Waals surface area (Å²) in [6.07, 6.45) is 0.700. The maximum absolute atomic E-state index is 13.5. The Labute approximate surface area is 181 Å². The van der Waals surface area contributed by atoms with E-state index < -0.39 is 6.04 Å². The molecule has 7 heteroatoms. The Morgan fingerprint density at radius 2 is 1.90 bits per heavy atom. The number of nitrogens with zero attached hydrogens (tertiary/aromatic N) is 1. The molecule has 1 aromatic heterocycles. The zero-order valence-electron chi connectivity index (χ0n) is 16.7. The van der Waals surface area contributed by atoms with Crippen LogP contribution in [0.1, 0.15) is 48.0 Å². The minimum atomic E-state index is -0.633. The van der Waals surface area contributed by atoms with Crippen LogP contribution in [0.4, 0.5) is 4.39 Å². The Hall–Kier alpha value is -2.51. The van der Waals surface area contributed by atoms with Crippen LogP contribution in [0.5, 0.6) is 0 Å². The van der Waals surface area contributed by atoms with Gasteiger partial charge in [0.2, 0.25) is 5.76 Å². The van der Waals surface area contributed by atoms with Gasteiger partial charge in [0.15, 0.2) is 5.43 Å². The van der Waals surface area contributed by atoms with E-state index in [1.807, 2.05) is 13.8 Å². The number of rotatable bonds is 6. The van der Waals surface area contributed by atoms with Gasteiger partial charge < -0.3 is 14.1 Å². The number of ether oxygens (including phenoxy) is 1. The van der Waals surface area contributed by atoms with E-state index in [-0.39, 0.29) is 29.0 Å². The van der Waals surface area contributed by atoms with Crippen LogP contribution >= 0.6 is 15.9 Å². The summed E-state index contributed by atoms with van der Waals surface area (Å²) in [5.41, 5.74) is 1.06. The summed E-state index contributed by atoms with van der Waals surface area (Å²) in [5.74, 6) is -0.672. The van der Waals surface area contributed by atoms with Crippen molar-refractivity contribution < 1.29 is 18.3 Å². The van der Waals surface area contributed by atoms with Gasteiger partial charge in [-0.25, -0.2) is 4.39 Å². The lowest BCUT2D eigenvalue weighted by molar-refractivity contribution is 0.0593. The number of benzene rings is 2. The van der Waals surface area contributed by atoms with Crippen LogP contribution in [0.2, 0.25) is 0 Å². The van der Waals surface area contributed by atoms with Gasteiger partial charge in [0, 0.05) is 17.6 Å². The molecule has 0 saturated heterocycles. The van der Waals surface area contributed by atoms with Crippen molar-refractivity contribution in [2.45, 2.75) is 32.4 Å². The van der Waals surface area contributed by atoms with Crippen LogP contribution in [-0.4, -0.2) is 30.1 Å². The SMILES string of the molecule is CC(C)OCCCN1C(=O)c2oc3ccc(Br)cc3c(=O)c2[C@@H]1c1ccc(F)cc1. The van der Waals surface area contributed by atoms with Gasteiger partial charge in [-0.2, -0.15) is 0 Å². The summed E-state index contributed by atoms with van der Waals surface area (Å²) in [4.78, 5) is 28.2. The number of fused-ring (bicyclic) bond motifs is 2. The van der Waals surface area contributed by atoms with Crippen LogP contribution in [-0.2, 0) is 4.74 Å². The Bertz CT molecular complexity index is 1160. The van der Waals surface area contributed by atoms with Gasteiger partial charge in [-0.1, -0.05) is 28.1 Å². The molecule has 0 unspecified atom stereocenters. The molecule has 1 aliphatic heterocycles. The highest BCUT2D eigenvalue weighted by atomic mass is 79.9. The molecule has 0 N–H and O–H groups in total. The smallest absolute Gasteiger partial charge is 0.290 e. The van der Waals surface area contributed by atoms with Crippen LogP contribution in [0.3, 0.4) is 0 Å².